The van der Waals surface area contributed by atoms with Crippen LogP contribution in [0.2, 0.25) is 0 Å². The lowest BCUT2D eigenvalue weighted by Gasteiger charge is -2.14. The van der Waals surface area contributed by atoms with Crippen LogP contribution in [0.15, 0.2) is 36.7 Å². The van der Waals surface area contributed by atoms with Gasteiger partial charge in [0.05, 0.1) is 11.8 Å². The van der Waals surface area contributed by atoms with Gasteiger partial charge in [-0.3, -0.25) is 10.4 Å². The maximum atomic E-state index is 7.58. The Labute approximate surface area is 119 Å². The molecule has 0 saturated heterocycles. The van der Waals surface area contributed by atoms with Crippen LogP contribution >= 0.6 is 0 Å². The Hall–Kier alpha value is -2.36. The Morgan fingerprint density at radius 1 is 1.25 bits per heavy atom. The number of pyridine rings is 1. The molecule has 4 heteroatoms. The first kappa shape index (κ1) is 14.1. The molecule has 4 nitrogen and oxygen atoms in total. The molecule has 1 heterocycles. The van der Waals surface area contributed by atoms with E-state index in [1.54, 1.807) is 18.5 Å². The fraction of sp³-hybridized carbons (Fsp3) is 0.250. The topological polar surface area (TPSA) is 72.0 Å². The SMILES string of the molecule is Cc1ccc(C(C)C)cc1Oc1cnccc1C(=N)N. The van der Waals surface area contributed by atoms with E-state index >= 15 is 0 Å². The maximum Gasteiger partial charge on any atom is 0.156 e. The van der Waals surface area contributed by atoms with Gasteiger partial charge in [-0.05, 0) is 36.1 Å². The molecule has 1 aromatic heterocycles. The molecule has 0 aliphatic heterocycles. The molecule has 1 aromatic carbocycles. The number of nitrogens with two attached hydrogens (primary N) is 1. The average Bonchev–Trinajstić information content (AvgIpc) is 2.41. The fourth-order valence-corrected chi connectivity index (χ4v) is 1.89. The van der Waals surface area contributed by atoms with Gasteiger partial charge in [-0.25, -0.2) is 0 Å². The van der Waals surface area contributed by atoms with Crippen LogP contribution in [-0.2, 0) is 0 Å². The van der Waals surface area contributed by atoms with Crippen molar-refractivity contribution in [2.75, 3.05) is 0 Å². The quantitative estimate of drug-likeness (QED) is 0.658. The summed E-state index contributed by atoms with van der Waals surface area (Å²) in [6.45, 7) is 6.27. The third kappa shape index (κ3) is 2.96. The Morgan fingerprint density at radius 2 is 2.00 bits per heavy atom. The first-order valence-corrected chi connectivity index (χ1v) is 6.56. The van der Waals surface area contributed by atoms with Crippen molar-refractivity contribution in [3.63, 3.8) is 0 Å². The molecule has 0 spiro atoms. The van der Waals surface area contributed by atoms with Crippen molar-refractivity contribution in [2.24, 2.45) is 5.73 Å². The summed E-state index contributed by atoms with van der Waals surface area (Å²) < 4.78 is 5.91. The summed E-state index contributed by atoms with van der Waals surface area (Å²) in [5.74, 6) is 1.68. The number of nitrogens with one attached hydrogen (secondary N) is 1. The molecule has 2 aromatic rings. The standard InChI is InChI=1S/C16H19N3O/c1-10(2)12-5-4-11(3)14(8-12)20-15-9-19-7-6-13(15)16(17)18/h4-10H,1-3H3,(H3,17,18). The predicted octanol–water partition coefficient (Wildman–Crippen LogP) is 3.59. The predicted molar refractivity (Wildman–Crippen MR) is 80.6 cm³/mol. The monoisotopic (exact) mass is 269 g/mol. The number of hydrogen-bond donors (Lipinski definition) is 2. The van der Waals surface area contributed by atoms with Crippen LogP contribution in [-0.4, -0.2) is 10.8 Å². The van der Waals surface area contributed by atoms with E-state index in [0.717, 1.165) is 11.3 Å². The molecular formula is C16H19N3O. The van der Waals surface area contributed by atoms with Crippen molar-refractivity contribution < 1.29 is 4.74 Å². The van der Waals surface area contributed by atoms with Gasteiger partial charge in [0.2, 0.25) is 0 Å². The van der Waals surface area contributed by atoms with Crippen molar-refractivity contribution in [3.8, 4) is 11.5 Å². The molecule has 20 heavy (non-hydrogen) atoms. The lowest BCUT2D eigenvalue weighted by atomic mass is 10.0. The minimum atomic E-state index is -0.0277. The zero-order chi connectivity index (χ0) is 14.7. The van der Waals surface area contributed by atoms with Crippen LogP contribution in [0.1, 0.15) is 36.5 Å². The molecule has 0 atom stereocenters. The van der Waals surface area contributed by atoms with Gasteiger partial charge in [0.15, 0.2) is 5.75 Å². The number of nitrogens with zero attached hydrogens (tertiary/aromatic N) is 1. The van der Waals surface area contributed by atoms with Crippen LogP contribution in [0.3, 0.4) is 0 Å². The fourth-order valence-electron chi connectivity index (χ4n) is 1.89. The molecule has 0 aliphatic carbocycles. The van der Waals surface area contributed by atoms with Crippen molar-refractivity contribution in [2.45, 2.75) is 26.7 Å². The molecule has 0 amide bonds. The molecule has 104 valence electrons. The van der Waals surface area contributed by atoms with Gasteiger partial charge in [-0.1, -0.05) is 26.0 Å². The number of aromatic nitrogens is 1. The van der Waals surface area contributed by atoms with Crippen LogP contribution in [0.4, 0.5) is 0 Å². The van der Waals surface area contributed by atoms with E-state index in [2.05, 4.69) is 24.9 Å². The molecule has 0 aliphatic rings. The summed E-state index contributed by atoms with van der Waals surface area (Å²) in [6.07, 6.45) is 3.18. The second kappa shape index (κ2) is 5.74. The van der Waals surface area contributed by atoms with E-state index < -0.39 is 0 Å². The molecular weight excluding hydrogens is 250 g/mol. The summed E-state index contributed by atoms with van der Waals surface area (Å²) >= 11 is 0. The number of nitrogen functional groups attached to an aromatic ring is 1. The van der Waals surface area contributed by atoms with E-state index in [9.17, 15) is 0 Å². The zero-order valence-electron chi connectivity index (χ0n) is 12.0. The smallest absolute Gasteiger partial charge is 0.156 e. The highest BCUT2D eigenvalue weighted by Gasteiger charge is 2.10. The molecule has 2 rings (SSSR count). The second-order valence-electron chi connectivity index (χ2n) is 5.07. The minimum absolute atomic E-state index is 0.0277. The van der Waals surface area contributed by atoms with Gasteiger partial charge in [0, 0.05) is 6.20 Å². The highest BCUT2D eigenvalue weighted by atomic mass is 16.5. The third-order valence-corrected chi connectivity index (χ3v) is 3.17. The second-order valence-corrected chi connectivity index (χ2v) is 5.07. The summed E-state index contributed by atoms with van der Waals surface area (Å²) in [5.41, 5.74) is 8.35. The van der Waals surface area contributed by atoms with Crippen LogP contribution in [0.25, 0.3) is 0 Å². The van der Waals surface area contributed by atoms with Crippen LogP contribution in [0.5, 0.6) is 11.5 Å². The summed E-state index contributed by atoms with van der Waals surface area (Å²) in [7, 11) is 0. The first-order valence-electron chi connectivity index (χ1n) is 6.56. The number of aryl methyl sites for hydroxylation is 1. The lowest BCUT2D eigenvalue weighted by Crippen LogP contribution is -2.12. The summed E-state index contributed by atoms with van der Waals surface area (Å²) in [4.78, 5) is 4.03. The number of ether oxygens (including phenoxy) is 1. The Morgan fingerprint density at radius 3 is 2.65 bits per heavy atom. The van der Waals surface area contributed by atoms with E-state index in [0.29, 0.717) is 17.2 Å². The van der Waals surface area contributed by atoms with E-state index in [-0.39, 0.29) is 5.84 Å². The van der Waals surface area contributed by atoms with E-state index in [1.807, 2.05) is 19.1 Å². The van der Waals surface area contributed by atoms with Gasteiger partial charge in [0.1, 0.15) is 11.6 Å². The summed E-state index contributed by atoms with van der Waals surface area (Å²) in [5, 5.41) is 7.58. The number of amidine groups is 1. The van der Waals surface area contributed by atoms with E-state index in [1.165, 1.54) is 5.56 Å². The molecule has 3 N–H and O–H groups in total. The highest BCUT2D eigenvalue weighted by molar-refractivity contribution is 5.97. The molecule has 0 saturated carbocycles. The first-order chi connectivity index (χ1) is 9.49. The lowest BCUT2D eigenvalue weighted by molar-refractivity contribution is 0.474. The van der Waals surface area contributed by atoms with Gasteiger partial charge in [0.25, 0.3) is 0 Å². The van der Waals surface area contributed by atoms with Gasteiger partial charge in [-0.2, -0.15) is 0 Å². The number of rotatable bonds is 4. The van der Waals surface area contributed by atoms with Crippen molar-refractivity contribution in [1.82, 2.24) is 4.98 Å². The van der Waals surface area contributed by atoms with Crippen LogP contribution < -0.4 is 10.5 Å². The Balaban J connectivity index is 2.40. The Kier molecular flexibility index (Phi) is 4.03. The Bertz CT molecular complexity index is 635. The molecule has 0 bridgehead atoms. The molecule has 0 fully saturated rings. The van der Waals surface area contributed by atoms with Crippen LogP contribution in [0, 0.1) is 12.3 Å². The number of benzene rings is 1. The summed E-state index contributed by atoms with van der Waals surface area (Å²) in [6, 6.07) is 7.84. The molecule has 0 radical (unpaired) electrons. The third-order valence-electron chi connectivity index (χ3n) is 3.17. The number of hydrogen-bond acceptors (Lipinski definition) is 3. The van der Waals surface area contributed by atoms with Gasteiger partial charge >= 0.3 is 0 Å². The van der Waals surface area contributed by atoms with Crippen molar-refractivity contribution in [1.29, 1.82) is 5.41 Å². The van der Waals surface area contributed by atoms with E-state index in [4.69, 9.17) is 15.9 Å². The molecule has 0 unspecified atom stereocenters. The normalized spacial score (nSPS) is 10.6. The largest absolute Gasteiger partial charge is 0.455 e. The maximum absolute atomic E-state index is 7.58. The average molecular weight is 269 g/mol. The van der Waals surface area contributed by atoms with Gasteiger partial charge < -0.3 is 10.5 Å². The van der Waals surface area contributed by atoms with Crippen molar-refractivity contribution >= 4 is 5.84 Å². The van der Waals surface area contributed by atoms with Gasteiger partial charge in [-0.15, -0.1) is 0 Å². The zero-order valence-corrected chi connectivity index (χ0v) is 12.0. The highest BCUT2D eigenvalue weighted by Crippen LogP contribution is 2.30. The van der Waals surface area contributed by atoms with Crippen molar-refractivity contribution in [3.05, 3.63) is 53.3 Å². The minimum Gasteiger partial charge on any atom is -0.455 e.